The molecule has 7 heteroatoms. The molecule has 0 bridgehead atoms. The highest BCUT2D eigenvalue weighted by atomic mass is 32.2. The van der Waals surface area contributed by atoms with Crippen LogP contribution in [0.15, 0.2) is 87.1 Å². The van der Waals surface area contributed by atoms with Crippen LogP contribution in [0.2, 0.25) is 0 Å². The van der Waals surface area contributed by atoms with Crippen molar-refractivity contribution in [3.8, 4) is 21.7 Å². The molecule has 4 aromatic rings. The Hall–Kier alpha value is -2.48. The van der Waals surface area contributed by atoms with E-state index in [1.54, 1.807) is 35.6 Å². The van der Waals surface area contributed by atoms with Crippen molar-refractivity contribution in [2.75, 3.05) is 12.5 Å². The molecule has 0 spiro atoms. The van der Waals surface area contributed by atoms with Crippen LogP contribution in [0.4, 0.5) is 5.82 Å². The first-order valence-corrected chi connectivity index (χ1v) is 13.8. The van der Waals surface area contributed by atoms with E-state index in [9.17, 15) is 4.21 Å². The highest BCUT2D eigenvalue weighted by Crippen LogP contribution is 2.38. The number of hydrogen-bond acceptors (Lipinski definition) is 6. The number of rotatable bonds is 6. The molecule has 1 unspecified atom stereocenters. The van der Waals surface area contributed by atoms with Crippen molar-refractivity contribution in [1.82, 2.24) is 9.97 Å². The fraction of sp³-hybridized carbons (Fsp3) is 0.167. The van der Waals surface area contributed by atoms with Crippen LogP contribution in [0, 0.1) is 0 Å². The number of benzene rings is 2. The molecule has 0 radical (unpaired) electrons. The normalized spacial score (nSPS) is 13.0. The van der Waals surface area contributed by atoms with Crippen LogP contribution in [-0.2, 0) is 16.1 Å². The smallest absolute Gasteiger partial charge is 0.162 e. The maximum absolute atomic E-state index is 13.2. The summed E-state index contributed by atoms with van der Waals surface area (Å²) in [5, 5.41) is 1.08. The van der Waals surface area contributed by atoms with Crippen molar-refractivity contribution in [3.05, 3.63) is 77.9 Å². The van der Waals surface area contributed by atoms with Crippen molar-refractivity contribution < 1.29 is 4.21 Å². The molecule has 0 aliphatic heterocycles. The molecule has 4 nitrogen and oxygen atoms in total. The molecule has 158 valence electrons. The zero-order valence-electron chi connectivity index (χ0n) is 17.6. The van der Waals surface area contributed by atoms with Crippen LogP contribution in [0.25, 0.3) is 21.7 Å². The molecule has 0 aliphatic carbocycles. The Morgan fingerprint density at radius 1 is 1.03 bits per heavy atom. The van der Waals surface area contributed by atoms with Crippen LogP contribution >= 0.6 is 23.1 Å². The Morgan fingerprint density at radius 2 is 1.77 bits per heavy atom. The third-order valence-electron chi connectivity index (χ3n) is 4.79. The van der Waals surface area contributed by atoms with E-state index in [1.165, 1.54) is 4.90 Å². The number of aromatic nitrogens is 2. The number of aryl methyl sites for hydroxylation is 1. The second-order valence-corrected chi connectivity index (χ2v) is 11.2. The molecule has 0 saturated carbocycles. The molecule has 0 aliphatic rings. The summed E-state index contributed by atoms with van der Waals surface area (Å²) in [4.78, 5) is 12.2. The van der Waals surface area contributed by atoms with Gasteiger partial charge in [-0.2, -0.15) is 4.36 Å². The second-order valence-electron chi connectivity index (χ2n) is 6.98. The summed E-state index contributed by atoms with van der Waals surface area (Å²) < 4.78 is 17.7. The van der Waals surface area contributed by atoms with E-state index in [1.807, 2.05) is 42.5 Å². The third-order valence-corrected chi connectivity index (χ3v) is 8.47. The lowest BCUT2D eigenvalue weighted by molar-refractivity contribution is 0.680. The lowest BCUT2D eigenvalue weighted by atomic mass is 10.1. The van der Waals surface area contributed by atoms with Gasteiger partial charge in [-0.05, 0) is 54.6 Å². The first kappa shape index (κ1) is 21.7. The summed E-state index contributed by atoms with van der Waals surface area (Å²) in [6.07, 6.45) is 6.32. The zero-order chi connectivity index (χ0) is 21.8. The molecule has 0 amide bonds. The van der Waals surface area contributed by atoms with Crippen LogP contribution in [-0.4, -0.2) is 26.7 Å². The van der Waals surface area contributed by atoms with Gasteiger partial charge in [0.15, 0.2) is 5.82 Å². The average molecular weight is 466 g/mol. The summed E-state index contributed by atoms with van der Waals surface area (Å²) in [6.45, 7) is 2.11. The summed E-state index contributed by atoms with van der Waals surface area (Å²) >= 11 is 3.41. The van der Waals surface area contributed by atoms with Gasteiger partial charge < -0.3 is 0 Å². The topological polar surface area (TPSA) is 55.2 Å². The van der Waals surface area contributed by atoms with Gasteiger partial charge in [-0.25, -0.2) is 14.2 Å². The molecule has 0 fully saturated rings. The van der Waals surface area contributed by atoms with Gasteiger partial charge in [-0.1, -0.05) is 37.3 Å². The Kier molecular flexibility index (Phi) is 6.55. The van der Waals surface area contributed by atoms with Gasteiger partial charge >= 0.3 is 0 Å². The molecule has 31 heavy (non-hydrogen) atoms. The molecule has 2 aromatic heterocycles. The second kappa shape index (κ2) is 9.34. The van der Waals surface area contributed by atoms with Crippen molar-refractivity contribution >= 4 is 38.6 Å². The van der Waals surface area contributed by atoms with E-state index < -0.39 is 9.73 Å². The van der Waals surface area contributed by atoms with Crippen molar-refractivity contribution in [3.63, 3.8) is 0 Å². The third kappa shape index (κ3) is 4.89. The highest BCUT2D eigenvalue weighted by Gasteiger charge is 2.15. The molecule has 1 atom stereocenters. The van der Waals surface area contributed by atoms with Gasteiger partial charge in [0.1, 0.15) is 0 Å². The standard InChI is InChI=1S/C24H23N3OS3/c1-4-22-26-23(17-10-12-19(29-2)13-11-17)24(30-22)18-14-15-25-21(16-18)27-31(3,28)20-8-6-5-7-9-20/h5-16H,4H2,1-3H3. The fourth-order valence-electron chi connectivity index (χ4n) is 3.17. The number of nitrogens with zero attached hydrogens (tertiary/aromatic N) is 3. The van der Waals surface area contributed by atoms with E-state index in [0.717, 1.165) is 33.1 Å². The van der Waals surface area contributed by atoms with E-state index in [4.69, 9.17) is 4.98 Å². The lowest BCUT2D eigenvalue weighted by Gasteiger charge is -2.06. The molecule has 2 aromatic carbocycles. The number of thiazole rings is 1. The largest absolute Gasteiger partial charge is 0.245 e. The SMILES string of the molecule is CCc1nc(-c2ccc(SC)cc2)c(-c2ccnc(N=S(C)(=O)c3ccccc3)c2)s1. The zero-order valence-corrected chi connectivity index (χ0v) is 20.1. The van der Waals surface area contributed by atoms with Crippen molar-refractivity contribution in [2.45, 2.75) is 23.1 Å². The summed E-state index contributed by atoms with van der Waals surface area (Å²) in [7, 11) is -2.58. The molecule has 0 N–H and O–H groups in total. The maximum Gasteiger partial charge on any atom is 0.162 e. The predicted molar refractivity (Wildman–Crippen MR) is 133 cm³/mol. The summed E-state index contributed by atoms with van der Waals surface area (Å²) in [5.41, 5.74) is 3.03. The number of pyridine rings is 1. The first-order chi connectivity index (χ1) is 15.0. The van der Waals surface area contributed by atoms with E-state index in [-0.39, 0.29) is 0 Å². The Morgan fingerprint density at radius 3 is 2.45 bits per heavy atom. The van der Waals surface area contributed by atoms with Gasteiger partial charge in [0.2, 0.25) is 0 Å². The van der Waals surface area contributed by atoms with Crippen LogP contribution < -0.4 is 0 Å². The quantitative estimate of drug-likeness (QED) is 0.289. The van der Waals surface area contributed by atoms with E-state index >= 15 is 0 Å². The molecular formula is C24H23N3OS3. The van der Waals surface area contributed by atoms with Gasteiger partial charge in [-0.15, -0.1) is 23.1 Å². The summed E-state index contributed by atoms with van der Waals surface area (Å²) in [6, 6.07) is 21.7. The molecule has 0 saturated heterocycles. The predicted octanol–water partition coefficient (Wildman–Crippen LogP) is 6.94. The first-order valence-electron chi connectivity index (χ1n) is 9.88. The fourth-order valence-corrected chi connectivity index (χ4v) is 5.82. The van der Waals surface area contributed by atoms with Gasteiger partial charge in [0.05, 0.1) is 25.3 Å². The summed E-state index contributed by atoms with van der Waals surface area (Å²) in [5.74, 6) is 0.462. The molecule has 4 rings (SSSR count). The number of thioether (sulfide) groups is 1. The van der Waals surface area contributed by atoms with Gasteiger partial charge in [-0.3, -0.25) is 0 Å². The molecular weight excluding hydrogens is 442 g/mol. The minimum absolute atomic E-state index is 0.462. The Bertz CT molecular complexity index is 1310. The monoisotopic (exact) mass is 465 g/mol. The van der Waals surface area contributed by atoms with Crippen LogP contribution in [0.1, 0.15) is 11.9 Å². The Labute approximate surface area is 192 Å². The van der Waals surface area contributed by atoms with Gasteiger partial charge in [0, 0.05) is 27.8 Å². The van der Waals surface area contributed by atoms with E-state index in [2.05, 4.69) is 46.8 Å². The van der Waals surface area contributed by atoms with Crippen molar-refractivity contribution in [1.29, 1.82) is 0 Å². The van der Waals surface area contributed by atoms with Crippen LogP contribution in [0.3, 0.4) is 0 Å². The van der Waals surface area contributed by atoms with E-state index in [0.29, 0.717) is 10.7 Å². The van der Waals surface area contributed by atoms with Gasteiger partial charge in [0.25, 0.3) is 0 Å². The maximum atomic E-state index is 13.2. The van der Waals surface area contributed by atoms with Crippen molar-refractivity contribution in [2.24, 2.45) is 4.36 Å². The lowest BCUT2D eigenvalue weighted by Crippen LogP contribution is -1.96. The minimum Gasteiger partial charge on any atom is -0.245 e. The Balaban J connectivity index is 1.78. The number of hydrogen-bond donors (Lipinski definition) is 0. The molecule has 2 heterocycles. The minimum atomic E-state index is -2.58. The highest BCUT2D eigenvalue weighted by molar-refractivity contribution is 7.98. The average Bonchev–Trinajstić information content (AvgIpc) is 3.24. The van der Waals surface area contributed by atoms with Crippen LogP contribution in [0.5, 0.6) is 0 Å².